The topological polar surface area (TPSA) is 15.8 Å². The maximum absolute atomic E-state index is 3.34. The van der Waals surface area contributed by atoms with Gasteiger partial charge in [0.15, 0.2) is 0 Å². The van der Waals surface area contributed by atoms with Crippen LogP contribution in [-0.2, 0) is 12.8 Å². The summed E-state index contributed by atoms with van der Waals surface area (Å²) in [6.45, 7) is 2.20. The highest BCUT2D eigenvalue weighted by Crippen LogP contribution is 2.33. The van der Waals surface area contributed by atoms with Gasteiger partial charge >= 0.3 is 0 Å². The highest BCUT2D eigenvalue weighted by atomic mass is 14.7. The van der Waals surface area contributed by atoms with E-state index < -0.39 is 0 Å². The Hall–Kier alpha value is -0.720. The summed E-state index contributed by atoms with van der Waals surface area (Å²) in [7, 11) is 0. The average Bonchev–Trinajstić information content (AvgIpc) is 2.81. The van der Waals surface area contributed by atoms with Crippen LogP contribution < -0.4 is 0 Å². The highest BCUT2D eigenvalue weighted by molar-refractivity contribution is 5.16. The van der Waals surface area contributed by atoms with Crippen molar-refractivity contribution in [3.05, 3.63) is 23.5 Å². The van der Waals surface area contributed by atoms with Gasteiger partial charge in [-0.2, -0.15) is 0 Å². The Morgan fingerprint density at radius 3 is 3.00 bits per heavy atom. The third-order valence-corrected chi connectivity index (χ3v) is 2.73. The lowest BCUT2D eigenvalue weighted by Crippen LogP contribution is -1.85. The van der Waals surface area contributed by atoms with Crippen LogP contribution in [0, 0.1) is 5.92 Å². The molecular weight excluding hydrogens is 146 g/mol. The monoisotopic (exact) mass is 165 g/mol. The van der Waals surface area contributed by atoms with Crippen LogP contribution in [0.15, 0.2) is 12.3 Å². The molecule has 1 aliphatic carbocycles. The van der Waals surface area contributed by atoms with E-state index in [1.54, 1.807) is 0 Å². The Morgan fingerprint density at radius 2 is 2.42 bits per heavy atom. The number of aryl methyl sites for hydroxylation is 2. The second-order valence-electron chi connectivity index (χ2n) is 3.87. The standard InChI is InChI=1S/C11H17N.H2/c1-2-9-7-11(12-8-9)6-5-10-3-4-10;/h7-8,10,12H,2-6H2,1H3;1H. The zero-order valence-corrected chi connectivity index (χ0v) is 7.77. The molecule has 12 heavy (non-hydrogen) atoms. The minimum Gasteiger partial charge on any atom is -0.365 e. The van der Waals surface area contributed by atoms with E-state index >= 15 is 0 Å². The van der Waals surface area contributed by atoms with Crippen molar-refractivity contribution in [3.63, 3.8) is 0 Å². The number of nitrogens with one attached hydrogen (secondary N) is 1. The lowest BCUT2D eigenvalue weighted by atomic mass is 10.1. The maximum Gasteiger partial charge on any atom is 0.0150 e. The van der Waals surface area contributed by atoms with Crippen LogP contribution in [0.5, 0.6) is 0 Å². The molecule has 1 saturated carbocycles. The van der Waals surface area contributed by atoms with Crippen molar-refractivity contribution in [2.75, 3.05) is 0 Å². The molecule has 0 amide bonds. The first-order chi connectivity index (χ1) is 5.88. The minimum atomic E-state index is 0. The number of hydrogen-bond donors (Lipinski definition) is 1. The maximum atomic E-state index is 3.34. The van der Waals surface area contributed by atoms with E-state index in [1.807, 2.05) is 0 Å². The largest absolute Gasteiger partial charge is 0.365 e. The SMILES string of the molecule is CCc1c[nH]c(CCC2CC2)c1.[HH]. The molecule has 0 aromatic carbocycles. The van der Waals surface area contributed by atoms with Crippen LogP contribution in [0.2, 0.25) is 0 Å². The molecule has 0 unspecified atom stereocenters. The Balaban J connectivity index is 0.000000845. The lowest BCUT2D eigenvalue weighted by Gasteiger charge is -1.94. The number of rotatable bonds is 4. The van der Waals surface area contributed by atoms with Crippen LogP contribution in [0.25, 0.3) is 0 Å². The molecule has 1 nitrogen and oxygen atoms in total. The van der Waals surface area contributed by atoms with Gasteiger partial charge in [0.05, 0.1) is 0 Å². The van der Waals surface area contributed by atoms with E-state index in [0.29, 0.717) is 0 Å². The van der Waals surface area contributed by atoms with Crippen molar-refractivity contribution >= 4 is 0 Å². The number of H-pyrrole nitrogens is 1. The summed E-state index contributed by atoms with van der Waals surface area (Å²) in [5.74, 6) is 1.05. The first-order valence-electron chi connectivity index (χ1n) is 5.04. The number of aromatic nitrogens is 1. The van der Waals surface area contributed by atoms with Crippen molar-refractivity contribution in [1.29, 1.82) is 0 Å². The molecule has 1 N–H and O–H groups in total. The van der Waals surface area contributed by atoms with Gasteiger partial charge in [-0.15, -0.1) is 0 Å². The summed E-state index contributed by atoms with van der Waals surface area (Å²) >= 11 is 0. The molecule has 0 aliphatic heterocycles. The first-order valence-corrected chi connectivity index (χ1v) is 5.04. The second kappa shape index (κ2) is 3.34. The summed E-state index contributed by atoms with van der Waals surface area (Å²) in [6, 6.07) is 2.31. The molecule has 1 heteroatoms. The van der Waals surface area contributed by atoms with Gasteiger partial charge in [-0.1, -0.05) is 19.8 Å². The van der Waals surface area contributed by atoms with E-state index in [-0.39, 0.29) is 1.43 Å². The van der Waals surface area contributed by atoms with Crippen molar-refractivity contribution in [3.8, 4) is 0 Å². The summed E-state index contributed by atoms with van der Waals surface area (Å²) in [5, 5.41) is 0. The van der Waals surface area contributed by atoms with E-state index in [2.05, 4.69) is 24.2 Å². The molecule has 0 spiro atoms. The zero-order chi connectivity index (χ0) is 8.39. The van der Waals surface area contributed by atoms with E-state index in [1.165, 1.54) is 36.9 Å². The van der Waals surface area contributed by atoms with Gasteiger partial charge in [-0.25, -0.2) is 0 Å². The molecule has 0 atom stereocenters. The van der Waals surface area contributed by atoms with Gasteiger partial charge < -0.3 is 4.98 Å². The summed E-state index contributed by atoms with van der Waals surface area (Å²) in [4.78, 5) is 3.34. The molecule has 0 bridgehead atoms. The van der Waals surface area contributed by atoms with Crippen molar-refractivity contribution < 1.29 is 1.43 Å². The predicted molar refractivity (Wildman–Crippen MR) is 53.3 cm³/mol. The van der Waals surface area contributed by atoms with Gasteiger partial charge in [0, 0.05) is 13.3 Å². The van der Waals surface area contributed by atoms with Crippen molar-refractivity contribution in [2.24, 2.45) is 5.92 Å². The Labute approximate surface area is 75.7 Å². The van der Waals surface area contributed by atoms with Gasteiger partial charge in [-0.05, 0) is 36.8 Å². The molecular formula is C11H19N. The average molecular weight is 165 g/mol. The normalized spacial score (nSPS) is 16.8. The van der Waals surface area contributed by atoms with Gasteiger partial charge in [0.2, 0.25) is 0 Å². The smallest absolute Gasteiger partial charge is 0.0150 e. The quantitative estimate of drug-likeness (QED) is 0.705. The Kier molecular flexibility index (Phi) is 2.20. The zero-order valence-electron chi connectivity index (χ0n) is 7.77. The van der Waals surface area contributed by atoms with Crippen LogP contribution in [-0.4, -0.2) is 4.98 Å². The Bertz CT molecular complexity index is 250. The van der Waals surface area contributed by atoms with Gasteiger partial charge in [0.1, 0.15) is 0 Å². The number of hydrogen-bond acceptors (Lipinski definition) is 0. The van der Waals surface area contributed by atoms with E-state index in [4.69, 9.17) is 0 Å². The van der Waals surface area contributed by atoms with Gasteiger partial charge in [-0.3, -0.25) is 0 Å². The van der Waals surface area contributed by atoms with E-state index in [9.17, 15) is 0 Å². The molecule has 1 aromatic heterocycles. The minimum absolute atomic E-state index is 0. The highest BCUT2D eigenvalue weighted by Gasteiger charge is 2.20. The number of aromatic amines is 1. The molecule has 2 rings (SSSR count). The molecule has 1 fully saturated rings. The molecule has 68 valence electrons. The fourth-order valence-electron chi connectivity index (χ4n) is 1.61. The molecule has 1 heterocycles. The summed E-state index contributed by atoms with van der Waals surface area (Å²) in [5.41, 5.74) is 2.87. The predicted octanol–water partition coefficient (Wildman–Crippen LogP) is 3.17. The molecule has 0 radical (unpaired) electrons. The van der Waals surface area contributed by atoms with Crippen molar-refractivity contribution in [2.45, 2.75) is 39.0 Å². The fraction of sp³-hybridized carbons (Fsp3) is 0.636. The van der Waals surface area contributed by atoms with Crippen LogP contribution >= 0.6 is 0 Å². The fourth-order valence-corrected chi connectivity index (χ4v) is 1.61. The van der Waals surface area contributed by atoms with Crippen LogP contribution in [0.1, 0.15) is 38.9 Å². The summed E-state index contributed by atoms with van der Waals surface area (Å²) < 4.78 is 0. The van der Waals surface area contributed by atoms with Crippen LogP contribution in [0.3, 0.4) is 0 Å². The third kappa shape index (κ3) is 1.90. The second-order valence-corrected chi connectivity index (χ2v) is 3.87. The lowest BCUT2D eigenvalue weighted by molar-refractivity contribution is 0.717. The molecule has 1 aromatic rings. The summed E-state index contributed by atoms with van der Waals surface area (Å²) in [6.07, 6.45) is 8.89. The van der Waals surface area contributed by atoms with Crippen molar-refractivity contribution in [1.82, 2.24) is 4.98 Å². The molecule has 1 aliphatic rings. The van der Waals surface area contributed by atoms with E-state index in [0.717, 1.165) is 12.3 Å². The van der Waals surface area contributed by atoms with Gasteiger partial charge in [0.25, 0.3) is 0 Å². The first kappa shape index (κ1) is 7.90. The molecule has 0 saturated heterocycles. The van der Waals surface area contributed by atoms with Crippen LogP contribution in [0.4, 0.5) is 0 Å². The Morgan fingerprint density at radius 1 is 1.58 bits per heavy atom. The third-order valence-electron chi connectivity index (χ3n) is 2.73.